The van der Waals surface area contributed by atoms with Gasteiger partial charge in [-0.25, -0.2) is 9.38 Å². The van der Waals surface area contributed by atoms with Crippen LogP contribution in [0.25, 0.3) is 0 Å². The number of amidine groups is 1. The molecule has 0 aliphatic heterocycles. The van der Waals surface area contributed by atoms with Crippen molar-refractivity contribution in [3.8, 4) is 0 Å². The molecule has 0 bridgehead atoms. The average molecular weight is 367 g/mol. The van der Waals surface area contributed by atoms with Gasteiger partial charge in [-0.15, -0.1) is 0 Å². The lowest BCUT2D eigenvalue weighted by atomic mass is 10.1. The summed E-state index contributed by atoms with van der Waals surface area (Å²) < 4.78 is 19.0. The zero-order valence-corrected chi connectivity index (χ0v) is 14.5. The SMILES string of the molecule is C/N=C(/N)OCCc1cc(NC(=S)c2ccc(Cl)cn2)ccc1F. The molecule has 1 aromatic carbocycles. The summed E-state index contributed by atoms with van der Waals surface area (Å²) in [5.41, 5.74) is 7.15. The quantitative estimate of drug-likeness (QED) is 0.483. The van der Waals surface area contributed by atoms with E-state index in [9.17, 15) is 4.39 Å². The van der Waals surface area contributed by atoms with Crippen LogP contribution in [0.15, 0.2) is 41.5 Å². The third-order valence-electron chi connectivity index (χ3n) is 3.11. The van der Waals surface area contributed by atoms with Crippen LogP contribution in [0.2, 0.25) is 5.02 Å². The van der Waals surface area contributed by atoms with Crippen molar-refractivity contribution in [2.24, 2.45) is 10.7 Å². The number of hydrogen-bond acceptors (Lipinski definition) is 4. The summed E-state index contributed by atoms with van der Waals surface area (Å²) in [4.78, 5) is 8.23. The van der Waals surface area contributed by atoms with Gasteiger partial charge < -0.3 is 15.8 Å². The number of hydrogen-bond donors (Lipinski definition) is 2. The highest BCUT2D eigenvalue weighted by Crippen LogP contribution is 2.17. The number of ether oxygens (including phenoxy) is 1. The minimum absolute atomic E-state index is 0.0691. The summed E-state index contributed by atoms with van der Waals surface area (Å²) >= 11 is 11.1. The summed E-state index contributed by atoms with van der Waals surface area (Å²) in [6, 6.07) is 8.12. The molecule has 0 atom stereocenters. The Balaban J connectivity index is 2.04. The number of benzene rings is 1. The highest BCUT2D eigenvalue weighted by Gasteiger charge is 2.08. The predicted octanol–water partition coefficient (Wildman–Crippen LogP) is 3.17. The Hall–Kier alpha value is -2.25. The second kappa shape index (κ2) is 8.56. The smallest absolute Gasteiger partial charge is 0.281 e. The Bertz CT molecular complexity index is 752. The van der Waals surface area contributed by atoms with Crippen LogP contribution in [0.1, 0.15) is 11.3 Å². The Kier molecular flexibility index (Phi) is 6.45. The van der Waals surface area contributed by atoms with E-state index >= 15 is 0 Å². The summed E-state index contributed by atoms with van der Waals surface area (Å²) in [6.07, 6.45) is 1.86. The molecule has 0 aliphatic carbocycles. The van der Waals surface area contributed by atoms with Crippen LogP contribution in [-0.4, -0.2) is 29.6 Å². The number of aromatic nitrogens is 1. The molecule has 2 aromatic rings. The van der Waals surface area contributed by atoms with Gasteiger partial charge in [-0.2, -0.15) is 0 Å². The van der Waals surface area contributed by atoms with Gasteiger partial charge in [0.15, 0.2) is 0 Å². The molecule has 5 nitrogen and oxygen atoms in total. The Labute approximate surface area is 149 Å². The lowest BCUT2D eigenvalue weighted by Crippen LogP contribution is -2.17. The van der Waals surface area contributed by atoms with E-state index in [4.69, 9.17) is 34.3 Å². The molecule has 3 N–H and O–H groups in total. The standard InChI is InChI=1S/C16H16ClFN4OS/c1-20-16(19)23-7-6-10-8-12(3-4-13(10)18)22-15(24)14-5-2-11(17)9-21-14/h2-5,8-9H,6-7H2,1H3,(H2,19,20)(H,22,24). The predicted molar refractivity (Wildman–Crippen MR) is 98.2 cm³/mol. The van der Waals surface area contributed by atoms with Crippen LogP contribution in [-0.2, 0) is 11.2 Å². The van der Waals surface area contributed by atoms with Gasteiger partial charge in [0.2, 0.25) is 0 Å². The molecule has 24 heavy (non-hydrogen) atoms. The van der Waals surface area contributed by atoms with E-state index in [2.05, 4.69) is 15.3 Å². The highest BCUT2D eigenvalue weighted by atomic mass is 35.5. The first-order valence-electron chi connectivity index (χ1n) is 7.06. The molecule has 0 amide bonds. The number of nitrogens with two attached hydrogens (primary N) is 1. The molecule has 0 unspecified atom stereocenters. The maximum atomic E-state index is 13.9. The van der Waals surface area contributed by atoms with Crippen LogP contribution in [0.5, 0.6) is 0 Å². The Morgan fingerprint density at radius 1 is 1.42 bits per heavy atom. The monoisotopic (exact) mass is 366 g/mol. The van der Waals surface area contributed by atoms with Crippen molar-refractivity contribution in [3.63, 3.8) is 0 Å². The van der Waals surface area contributed by atoms with E-state index in [1.165, 1.54) is 19.3 Å². The van der Waals surface area contributed by atoms with Crippen molar-refractivity contribution >= 4 is 40.5 Å². The lowest BCUT2D eigenvalue weighted by molar-refractivity contribution is 0.301. The number of rotatable bonds is 5. The highest BCUT2D eigenvalue weighted by molar-refractivity contribution is 7.81. The molecule has 0 spiro atoms. The normalized spacial score (nSPS) is 11.2. The first-order valence-corrected chi connectivity index (χ1v) is 7.84. The molecule has 0 aliphatic rings. The molecule has 0 radical (unpaired) electrons. The molecule has 0 fully saturated rings. The zero-order valence-electron chi connectivity index (χ0n) is 12.9. The van der Waals surface area contributed by atoms with Gasteiger partial charge in [-0.3, -0.25) is 4.98 Å². The fraction of sp³-hybridized carbons (Fsp3) is 0.188. The van der Waals surface area contributed by atoms with Gasteiger partial charge >= 0.3 is 0 Å². The average Bonchev–Trinajstić information content (AvgIpc) is 2.58. The number of nitrogens with one attached hydrogen (secondary N) is 1. The van der Waals surface area contributed by atoms with Crippen molar-refractivity contribution in [1.29, 1.82) is 0 Å². The van der Waals surface area contributed by atoms with Crippen molar-refractivity contribution in [3.05, 3.63) is 58.6 Å². The number of thiocarbonyl (C=S) groups is 1. The molecule has 0 saturated heterocycles. The molecule has 1 aromatic heterocycles. The summed E-state index contributed by atoms with van der Waals surface area (Å²) in [7, 11) is 1.52. The fourth-order valence-corrected chi connectivity index (χ4v) is 2.23. The van der Waals surface area contributed by atoms with Gasteiger partial charge in [0.25, 0.3) is 6.02 Å². The van der Waals surface area contributed by atoms with Crippen molar-refractivity contribution in [2.45, 2.75) is 6.42 Å². The molecule has 1 heterocycles. The third-order valence-corrected chi connectivity index (χ3v) is 3.64. The molecule has 0 saturated carbocycles. The van der Waals surface area contributed by atoms with Crippen LogP contribution in [0.3, 0.4) is 0 Å². The van der Waals surface area contributed by atoms with E-state index in [0.717, 1.165) is 0 Å². The van der Waals surface area contributed by atoms with E-state index in [0.29, 0.717) is 33.4 Å². The molecular weight excluding hydrogens is 351 g/mol. The minimum Gasteiger partial charge on any atom is -0.465 e. The summed E-state index contributed by atoms with van der Waals surface area (Å²) in [6.45, 7) is 0.229. The van der Waals surface area contributed by atoms with Crippen LogP contribution >= 0.6 is 23.8 Å². The minimum atomic E-state index is -0.327. The van der Waals surface area contributed by atoms with Gasteiger partial charge in [0, 0.05) is 25.4 Å². The van der Waals surface area contributed by atoms with E-state index in [-0.39, 0.29) is 18.4 Å². The van der Waals surface area contributed by atoms with Gasteiger partial charge in [-0.05, 0) is 35.9 Å². The Morgan fingerprint density at radius 2 is 2.21 bits per heavy atom. The fourth-order valence-electron chi connectivity index (χ4n) is 1.88. The number of anilines is 1. The maximum Gasteiger partial charge on any atom is 0.281 e. The number of halogens is 2. The Morgan fingerprint density at radius 3 is 2.88 bits per heavy atom. The number of pyridine rings is 1. The second-order valence-electron chi connectivity index (χ2n) is 4.78. The second-order valence-corrected chi connectivity index (χ2v) is 5.63. The van der Waals surface area contributed by atoms with Crippen LogP contribution in [0, 0.1) is 5.82 Å². The van der Waals surface area contributed by atoms with Crippen LogP contribution < -0.4 is 11.1 Å². The van der Waals surface area contributed by atoms with Gasteiger partial charge in [-0.1, -0.05) is 23.8 Å². The van der Waals surface area contributed by atoms with Crippen molar-refractivity contribution < 1.29 is 9.13 Å². The third kappa shape index (κ3) is 5.14. The van der Waals surface area contributed by atoms with Crippen molar-refractivity contribution in [1.82, 2.24) is 4.98 Å². The van der Waals surface area contributed by atoms with E-state index in [1.54, 1.807) is 24.3 Å². The zero-order chi connectivity index (χ0) is 17.5. The molecule has 8 heteroatoms. The van der Waals surface area contributed by atoms with E-state index in [1.807, 2.05) is 0 Å². The molecule has 126 valence electrons. The first-order chi connectivity index (χ1) is 11.5. The van der Waals surface area contributed by atoms with Crippen LogP contribution in [0.4, 0.5) is 10.1 Å². The molecule has 2 rings (SSSR count). The van der Waals surface area contributed by atoms with Gasteiger partial charge in [0.05, 0.1) is 17.3 Å². The lowest BCUT2D eigenvalue weighted by Gasteiger charge is -2.10. The topological polar surface area (TPSA) is 72.5 Å². The number of aliphatic imine (C=N–C) groups is 1. The number of nitrogens with zero attached hydrogens (tertiary/aromatic N) is 2. The molecular formula is C16H16ClFN4OS. The first kappa shape index (κ1) is 18.1. The largest absolute Gasteiger partial charge is 0.465 e. The summed E-state index contributed by atoms with van der Waals surface area (Å²) in [5.74, 6) is -0.327. The maximum absolute atomic E-state index is 13.9. The van der Waals surface area contributed by atoms with Crippen molar-refractivity contribution in [2.75, 3.05) is 19.0 Å². The van der Waals surface area contributed by atoms with Gasteiger partial charge in [0.1, 0.15) is 10.8 Å². The summed E-state index contributed by atoms with van der Waals surface area (Å²) in [5, 5.41) is 3.55. The van der Waals surface area contributed by atoms with E-state index < -0.39 is 0 Å².